The summed E-state index contributed by atoms with van der Waals surface area (Å²) in [6.45, 7) is 0. The lowest BCUT2D eigenvalue weighted by atomic mass is 9.89. The third kappa shape index (κ3) is 3.14. The Hall–Kier alpha value is -5.92. The molecule has 0 radical (unpaired) electrons. The van der Waals surface area contributed by atoms with Crippen molar-refractivity contribution in [3.05, 3.63) is 146 Å². The highest BCUT2D eigenvalue weighted by Crippen LogP contribution is 2.42. The number of aryl methyl sites for hydroxylation is 1. The molecular formula is C45H27N. The molecule has 0 amide bonds. The molecule has 0 aliphatic heterocycles. The van der Waals surface area contributed by atoms with E-state index in [4.69, 9.17) is 0 Å². The van der Waals surface area contributed by atoms with Crippen LogP contribution in [0.2, 0.25) is 0 Å². The summed E-state index contributed by atoms with van der Waals surface area (Å²) in [5, 5.41) is 18.5. The van der Waals surface area contributed by atoms with Crippen LogP contribution in [-0.2, 0) is 7.05 Å². The second-order valence-electron chi connectivity index (χ2n) is 13.0. The molecule has 0 unspecified atom stereocenters. The van der Waals surface area contributed by atoms with Gasteiger partial charge >= 0.3 is 0 Å². The molecule has 0 saturated heterocycles. The van der Waals surface area contributed by atoms with Crippen LogP contribution in [-0.4, -0.2) is 4.57 Å². The van der Waals surface area contributed by atoms with E-state index in [9.17, 15) is 0 Å². The van der Waals surface area contributed by atoms with Crippen LogP contribution in [0.3, 0.4) is 0 Å². The SMILES string of the molecule is Cn1c2cc(-c3cc4ccc5cccc6ccc(c3)c4c56)ccc2c2ccc(-c3ccc4ccc5cccc6ccc3c4c56)cc21. The van der Waals surface area contributed by atoms with E-state index in [1.54, 1.807) is 0 Å². The maximum absolute atomic E-state index is 2.38. The van der Waals surface area contributed by atoms with E-state index in [2.05, 4.69) is 157 Å². The van der Waals surface area contributed by atoms with Crippen molar-refractivity contribution in [1.29, 1.82) is 0 Å². The lowest BCUT2D eigenvalue weighted by molar-refractivity contribution is 1.01. The molecule has 11 aromatic rings. The van der Waals surface area contributed by atoms with Crippen LogP contribution >= 0.6 is 0 Å². The van der Waals surface area contributed by atoms with E-state index in [-0.39, 0.29) is 0 Å². The van der Waals surface area contributed by atoms with Crippen LogP contribution in [0.4, 0.5) is 0 Å². The van der Waals surface area contributed by atoms with Gasteiger partial charge in [-0.05, 0) is 111 Å². The summed E-state index contributed by atoms with van der Waals surface area (Å²) in [7, 11) is 2.21. The molecule has 46 heavy (non-hydrogen) atoms. The number of nitrogens with zero attached hydrogens (tertiary/aromatic N) is 1. The zero-order valence-electron chi connectivity index (χ0n) is 25.3. The Kier molecular flexibility index (Phi) is 4.57. The first-order chi connectivity index (χ1) is 22.7. The Morgan fingerprint density at radius 3 is 1.39 bits per heavy atom. The minimum Gasteiger partial charge on any atom is -0.344 e. The number of aromatic nitrogens is 1. The molecule has 0 saturated carbocycles. The third-order valence-corrected chi connectivity index (χ3v) is 10.6. The van der Waals surface area contributed by atoms with Gasteiger partial charge in [0.05, 0.1) is 0 Å². The van der Waals surface area contributed by atoms with Gasteiger partial charge in [0.25, 0.3) is 0 Å². The molecular weight excluding hydrogens is 555 g/mol. The number of benzene rings is 10. The van der Waals surface area contributed by atoms with Crippen LogP contribution in [0.25, 0.3) is 109 Å². The van der Waals surface area contributed by atoms with Gasteiger partial charge in [0.15, 0.2) is 0 Å². The molecule has 0 N–H and O–H groups in total. The van der Waals surface area contributed by atoms with Gasteiger partial charge in [-0.3, -0.25) is 0 Å². The largest absolute Gasteiger partial charge is 0.344 e. The Morgan fingerprint density at radius 2 is 0.761 bits per heavy atom. The molecule has 0 bridgehead atoms. The maximum Gasteiger partial charge on any atom is 0.0494 e. The van der Waals surface area contributed by atoms with Gasteiger partial charge in [-0.25, -0.2) is 0 Å². The summed E-state index contributed by atoms with van der Waals surface area (Å²) >= 11 is 0. The third-order valence-electron chi connectivity index (χ3n) is 10.6. The van der Waals surface area contributed by atoms with Crippen molar-refractivity contribution in [2.75, 3.05) is 0 Å². The van der Waals surface area contributed by atoms with E-state index < -0.39 is 0 Å². The zero-order chi connectivity index (χ0) is 30.1. The average molecular weight is 582 g/mol. The van der Waals surface area contributed by atoms with Gasteiger partial charge in [-0.15, -0.1) is 0 Å². The van der Waals surface area contributed by atoms with Crippen LogP contribution in [0.15, 0.2) is 146 Å². The molecule has 1 nitrogen and oxygen atoms in total. The molecule has 0 spiro atoms. The number of hydrogen-bond acceptors (Lipinski definition) is 0. The monoisotopic (exact) mass is 581 g/mol. The highest BCUT2D eigenvalue weighted by Gasteiger charge is 2.16. The van der Waals surface area contributed by atoms with Gasteiger partial charge in [0, 0.05) is 28.9 Å². The zero-order valence-corrected chi connectivity index (χ0v) is 25.3. The Labute approximate surface area is 265 Å². The topological polar surface area (TPSA) is 4.93 Å². The van der Waals surface area contributed by atoms with Crippen molar-refractivity contribution in [2.45, 2.75) is 0 Å². The lowest BCUT2D eigenvalue weighted by Crippen LogP contribution is -1.90. The summed E-state index contributed by atoms with van der Waals surface area (Å²) in [6, 6.07) is 54.7. The maximum atomic E-state index is 2.38. The Balaban J connectivity index is 1.09. The predicted octanol–water partition coefficient (Wildman–Crippen LogP) is 12.5. The first-order valence-corrected chi connectivity index (χ1v) is 16.1. The van der Waals surface area contributed by atoms with Crippen molar-refractivity contribution in [3.63, 3.8) is 0 Å². The van der Waals surface area contributed by atoms with E-state index in [1.165, 1.54) is 109 Å². The summed E-state index contributed by atoms with van der Waals surface area (Å²) < 4.78 is 2.37. The van der Waals surface area contributed by atoms with E-state index in [0.29, 0.717) is 0 Å². The highest BCUT2D eigenvalue weighted by atomic mass is 14.9. The molecule has 1 heterocycles. The summed E-state index contributed by atoms with van der Waals surface area (Å²) in [5.74, 6) is 0. The first-order valence-electron chi connectivity index (χ1n) is 16.1. The molecule has 0 atom stereocenters. The molecule has 1 aromatic heterocycles. The van der Waals surface area contributed by atoms with Gasteiger partial charge in [0.2, 0.25) is 0 Å². The molecule has 11 rings (SSSR count). The van der Waals surface area contributed by atoms with Gasteiger partial charge in [-0.2, -0.15) is 0 Å². The Morgan fingerprint density at radius 1 is 0.326 bits per heavy atom. The van der Waals surface area contributed by atoms with Crippen molar-refractivity contribution in [3.8, 4) is 22.3 Å². The fraction of sp³-hybridized carbons (Fsp3) is 0.0222. The number of fused-ring (bicyclic) bond motifs is 3. The molecule has 0 aliphatic rings. The molecule has 1 heteroatoms. The van der Waals surface area contributed by atoms with Crippen LogP contribution < -0.4 is 0 Å². The second kappa shape index (κ2) is 8.62. The minimum atomic E-state index is 1.25. The van der Waals surface area contributed by atoms with Crippen LogP contribution in [0, 0.1) is 0 Å². The van der Waals surface area contributed by atoms with E-state index in [1.807, 2.05) is 0 Å². The first kappa shape index (κ1) is 24.4. The fourth-order valence-corrected chi connectivity index (χ4v) is 8.46. The van der Waals surface area contributed by atoms with Gasteiger partial charge < -0.3 is 4.57 Å². The van der Waals surface area contributed by atoms with Gasteiger partial charge in [-0.1, -0.05) is 121 Å². The van der Waals surface area contributed by atoms with Crippen LogP contribution in [0.5, 0.6) is 0 Å². The number of rotatable bonds is 2. The smallest absolute Gasteiger partial charge is 0.0494 e. The van der Waals surface area contributed by atoms with Crippen molar-refractivity contribution in [1.82, 2.24) is 4.57 Å². The molecule has 0 aliphatic carbocycles. The quantitative estimate of drug-likeness (QED) is 0.179. The van der Waals surface area contributed by atoms with Crippen molar-refractivity contribution >= 4 is 86.4 Å². The molecule has 212 valence electrons. The average Bonchev–Trinajstić information content (AvgIpc) is 3.39. The summed E-state index contributed by atoms with van der Waals surface area (Å²) in [6.07, 6.45) is 0. The minimum absolute atomic E-state index is 1.25. The van der Waals surface area contributed by atoms with E-state index >= 15 is 0 Å². The van der Waals surface area contributed by atoms with Crippen molar-refractivity contribution in [2.24, 2.45) is 7.05 Å². The predicted molar refractivity (Wildman–Crippen MR) is 199 cm³/mol. The Bertz CT molecular complexity index is 2950. The second-order valence-corrected chi connectivity index (χ2v) is 13.0. The van der Waals surface area contributed by atoms with Crippen LogP contribution in [0.1, 0.15) is 0 Å². The van der Waals surface area contributed by atoms with E-state index in [0.717, 1.165) is 0 Å². The molecule has 10 aromatic carbocycles. The summed E-state index contributed by atoms with van der Waals surface area (Å²) in [4.78, 5) is 0. The standard InChI is InChI=1S/C45H27N/c1-46-40-24-31(35-22-33-12-10-26-4-2-5-27-11-13-34(23-35)44(33)42(26)27)16-19-37(40)38-20-17-32(25-41(38)46)36-18-14-30-9-8-28-6-3-7-29-15-21-39(36)45(30)43(28)29/h2-25H,1H3. The lowest BCUT2D eigenvalue weighted by Gasteiger charge is -2.14. The summed E-state index contributed by atoms with van der Waals surface area (Å²) in [5.41, 5.74) is 7.55. The number of hydrogen-bond donors (Lipinski definition) is 0. The molecule has 0 fully saturated rings. The normalized spacial score (nSPS) is 12.5. The van der Waals surface area contributed by atoms with Crippen molar-refractivity contribution < 1.29 is 0 Å². The van der Waals surface area contributed by atoms with Gasteiger partial charge in [0.1, 0.15) is 0 Å². The fourth-order valence-electron chi connectivity index (χ4n) is 8.46. The highest BCUT2D eigenvalue weighted by molar-refractivity contribution is 6.26.